The average Bonchev–Trinajstić information content (AvgIpc) is 3.77. The van der Waals surface area contributed by atoms with Crippen molar-refractivity contribution in [2.75, 3.05) is 13.1 Å². The van der Waals surface area contributed by atoms with Crippen LogP contribution < -0.4 is 5.32 Å². The zero-order valence-corrected chi connectivity index (χ0v) is 29.1. The highest BCUT2D eigenvalue weighted by Crippen LogP contribution is 2.27. The minimum atomic E-state index is -1.19. The molecule has 2 saturated heterocycles. The monoisotopic (exact) mass is 669 g/mol. The molecule has 1 aromatic rings. The fourth-order valence-corrected chi connectivity index (χ4v) is 7.05. The number of aromatic hydroxyl groups is 1. The highest BCUT2D eigenvalue weighted by molar-refractivity contribution is 5.95. The number of nitrogens with one attached hydrogen (secondary N) is 1. The van der Waals surface area contributed by atoms with Crippen molar-refractivity contribution < 1.29 is 34.2 Å². The van der Waals surface area contributed by atoms with Crippen molar-refractivity contribution in [3.8, 4) is 5.75 Å². The summed E-state index contributed by atoms with van der Waals surface area (Å²) >= 11 is 0. The summed E-state index contributed by atoms with van der Waals surface area (Å²) in [6.07, 6.45) is 18.9. The molecule has 3 rings (SSSR count). The second kappa shape index (κ2) is 21.5. The van der Waals surface area contributed by atoms with Crippen LogP contribution >= 0.6 is 0 Å². The van der Waals surface area contributed by atoms with Crippen LogP contribution in [0.3, 0.4) is 0 Å². The molecule has 3 N–H and O–H groups in total. The largest absolute Gasteiger partial charge is 0.508 e. The smallest absolute Gasteiger partial charge is 0.326 e. The summed E-state index contributed by atoms with van der Waals surface area (Å²) < 4.78 is 0. The third-order valence-corrected chi connectivity index (χ3v) is 9.87. The summed E-state index contributed by atoms with van der Waals surface area (Å²) in [5.41, 5.74) is 0.639. The van der Waals surface area contributed by atoms with E-state index in [1.165, 1.54) is 76.3 Å². The van der Waals surface area contributed by atoms with Gasteiger partial charge in [0, 0.05) is 38.8 Å². The van der Waals surface area contributed by atoms with E-state index < -0.39 is 30.0 Å². The summed E-state index contributed by atoms with van der Waals surface area (Å²) in [5.74, 6) is -2.06. The Morgan fingerprint density at radius 1 is 0.729 bits per heavy atom. The molecule has 0 aromatic heterocycles. The summed E-state index contributed by atoms with van der Waals surface area (Å²) in [7, 11) is 0. The lowest BCUT2D eigenvalue weighted by Gasteiger charge is -2.31. The first kappa shape index (κ1) is 39.0. The summed E-state index contributed by atoms with van der Waals surface area (Å²) in [4.78, 5) is 67.6. The molecular weight excluding hydrogens is 610 g/mol. The summed E-state index contributed by atoms with van der Waals surface area (Å²) in [6.45, 7) is 3.26. The van der Waals surface area contributed by atoms with E-state index in [0.717, 1.165) is 25.7 Å². The van der Waals surface area contributed by atoms with Gasteiger partial charge in [-0.15, -0.1) is 0 Å². The fourth-order valence-electron chi connectivity index (χ4n) is 7.05. The van der Waals surface area contributed by atoms with Crippen molar-refractivity contribution in [1.82, 2.24) is 15.1 Å². The highest BCUT2D eigenvalue weighted by Gasteiger charge is 2.41. The minimum absolute atomic E-state index is 0.0213. The van der Waals surface area contributed by atoms with Crippen LogP contribution in [0.2, 0.25) is 0 Å². The first-order valence-electron chi connectivity index (χ1n) is 18.6. The number of carboxylic acid groups (broad SMARTS) is 1. The van der Waals surface area contributed by atoms with Crippen LogP contribution in [0.4, 0.5) is 0 Å². The number of carbonyl (C=O) groups excluding carboxylic acids is 4. The quantitative estimate of drug-likeness (QED) is 0.116. The fraction of sp³-hybridized carbons (Fsp3) is 0.711. The van der Waals surface area contributed by atoms with E-state index in [-0.39, 0.29) is 42.6 Å². The van der Waals surface area contributed by atoms with Gasteiger partial charge in [-0.3, -0.25) is 19.2 Å². The van der Waals surface area contributed by atoms with E-state index in [2.05, 4.69) is 12.2 Å². The molecule has 0 radical (unpaired) electrons. The topological polar surface area (TPSA) is 144 Å². The number of unbranched alkanes of at least 4 members (excludes halogenated alkanes) is 12. The molecule has 1 aromatic carbocycles. The SMILES string of the molecule is CCCCCCCCCCCCCCCC(=O)N1CCC[C@H]1C(=O)N1CCC[C@H]1C(=O)CCC(=O)N[C@@H](Cc1ccc(O)cc1)C(=O)O. The van der Waals surface area contributed by atoms with Crippen molar-refractivity contribution >= 4 is 29.5 Å². The van der Waals surface area contributed by atoms with E-state index in [1.807, 2.05) is 0 Å². The van der Waals surface area contributed by atoms with Crippen molar-refractivity contribution in [3.05, 3.63) is 29.8 Å². The Labute approximate surface area is 287 Å². The number of likely N-dealkylation sites (tertiary alicyclic amines) is 2. The predicted octanol–water partition coefficient (Wildman–Crippen LogP) is 6.32. The molecule has 0 aliphatic carbocycles. The molecule has 0 bridgehead atoms. The molecule has 0 saturated carbocycles. The lowest BCUT2D eigenvalue weighted by molar-refractivity contribution is -0.146. The second-order valence-corrected chi connectivity index (χ2v) is 13.7. The van der Waals surface area contributed by atoms with Crippen LogP contribution in [0, 0.1) is 0 Å². The Balaban J connectivity index is 1.36. The van der Waals surface area contributed by atoms with Crippen LogP contribution in [0.15, 0.2) is 24.3 Å². The number of benzene rings is 1. The summed E-state index contributed by atoms with van der Waals surface area (Å²) in [6, 6.07) is 3.74. The molecule has 3 atom stereocenters. The lowest BCUT2D eigenvalue weighted by atomic mass is 10.0. The van der Waals surface area contributed by atoms with E-state index >= 15 is 0 Å². The minimum Gasteiger partial charge on any atom is -0.508 e. The van der Waals surface area contributed by atoms with Crippen molar-refractivity contribution in [2.24, 2.45) is 0 Å². The Bertz CT molecular complexity index is 1170. The third kappa shape index (κ3) is 13.2. The molecule has 3 amide bonds. The lowest BCUT2D eigenvalue weighted by Crippen LogP contribution is -2.51. The number of nitrogens with zero attached hydrogens (tertiary/aromatic N) is 2. The van der Waals surface area contributed by atoms with E-state index in [9.17, 15) is 34.2 Å². The van der Waals surface area contributed by atoms with Gasteiger partial charge in [0.05, 0.1) is 6.04 Å². The number of ketones is 1. The molecule has 2 heterocycles. The second-order valence-electron chi connectivity index (χ2n) is 13.7. The number of phenols is 1. The standard InChI is InChI=1S/C38H59N3O7/c1-2-3-4-5-6-7-8-9-10-11-12-13-14-19-36(45)40-26-16-18-33(40)37(46)41-27-15-17-32(41)34(43)24-25-35(44)39-31(38(47)48)28-29-20-22-30(42)23-21-29/h20-23,31-33,42H,2-19,24-28H2,1H3,(H,39,44)(H,47,48)/t31-,32-,33-/m0/s1. The maximum Gasteiger partial charge on any atom is 0.326 e. The van der Waals surface area contributed by atoms with Crippen LogP contribution in [0.1, 0.15) is 141 Å². The molecular formula is C38H59N3O7. The molecule has 0 spiro atoms. The Morgan fingerprint density at radius 2 is 1.27 bits per heavy atom. The number of rotatable bonds is 23. The normalized spacial score (nSPS) is 18.2. The molecule has 0 unspecified atom stereocenters. The van der Waals surface area contributed by atoms with Crippen LogP contribution in [0.5, 0.6) is 5.75 Å². The number of carboxylic acids is 1. The molecule has 2 aliphatic rings. The first-order chi connectivity index (χ1) is 23.2. The Morgan fingerprint density at radius 3 is 1.85 bits per heavy atom. The molecule has 10 heteroatoms. The highest BCUT2D eigenvalue weighted by atomic mass is 16.4. The van der Waals surface area contributed by atoms with Gasteiger partial charge in [-0.2, -0.15) is 0 Å². The average molecular weight is 670 g/mol. The number of amides is 3. The van der Waals surface area contributed by atoms with Crippen LogP contribution in [-0.2, 0) is 30.4 Å². The van der Waals surface area contributed by atoms with Gasteiger partial charge < -0.3 is 25.3 Å². The van der Waals surface area contributed by atoms with Gasteiger partial charge in [-0.25, -0.2) is 4.79 Å². The number of hydrogen-bond donors (Lipinski definition) is 3. The summed E-state index contributed by atoms with van der Waals surface area (Å²) in [5, 5.41) is 21.5. The van der Waals surface area contributed by atoms with Crippen LogP contribution in [-0.4, -0.2) is 80.7 Å². The van der Waals surface area contributed by atoms with Gasteiger partial charge in [-0.1, -0.05) is 96.1 Å². The van der Waals surface area contributed by atoms with E-state index in [4.69, 9.17) is 0 Å². The number of hydrogen-bond acceptors (Lipinski definition) is 6. The Kier molecular flexibility index (Phi) is 17.5. The van der Waals surface area contributed by atoms with Gasteiger partial charge in [0.25, 0.3) is 0 Å². The molecule has 2 fully saturated rings. The zero-order chi connectivity index (χ0) is 34.7. The first-order valence-corrected chi connectivity index (χ1v) is 18.6. The van der Waals surface area contributed by atoms with Gasteiger partial charge in [0.15, 0.2) is 5.78 Å². The van der Waals surface area contributed by atoms with Crippen LogP contribution in [0.25, 0.3) is 0 Å². The van der Waals surface area contributed by atoms with Crippen molar-refractivity contribution in [2.45, 2.75) is 160 Å². The van der Waals surface area contributed by atoms with Crippen molar-refractivity contribution in [1.29, 1.82) is 0 Å². The molecule has 10 nitrogen and oxygen atoms in total. The maximum absolute atomic E-state index is 13.6. The van der Waals surface area contributed by atoms with Crippen molar-refractivity contribution in [3.63, 3.8) is 0 Å². The number of Topliss-reactive ketones (excluding diaryl/α,β-unsaturated/α-hetero) is 1. The number of aliphatic carboxylic acids is 1. The third-order valence-electron chi connectivity index (χ3n) is 9.87. The zero-order valence-electron chi connectivity index (χ0n) is 29.1. The molecule has 48 heavy (non-hydrogen) atoms. The molecule has 2 aliphatic heterocycles. The van der Waals surface area contributed by atoms with Gasteiger partial charge in [0.1, 0.15) is 17.8 Å². The maximum atomic E-state index is 13.6. The number of carbonyl (C=O) groups is 5. The number of phenolic OH excluding ortho intramolecular Hbond substituents is 1. The van der Waals surface area contributed by atoms with Gasteiger partial charge >= 0.3 is 5.97 Å². The van der Waals surface area contributed by atoms with E-state index in [1.54, 1.807) is 21.9 Å². The van der Waals surface area contributed by atoms with E-state index in [0.29, 0.717) is 44.3 Å². The Hall–Kier alpha value is -3.43. The predicted molar refractivity (Wildman–Crippen MR) is 185 cm³/mol. The molecule has 268 valence electrons. The van der Waals surface area contributed by atoms with Gasteiger partial charge in [0.2, 0.25) is 17.7 Å². The van der Waals surface area contributed by atoms with Gasteiger partial charge in [-0.05, 0) is 49.8 Å².